The average molecular weight is 413 g/mol. The highest BCUT2D eigenvalue weighted by Crippen LogP contribution is 2.27. The summed E-state index contributed by atoms with van der Waals surface area (Å²) in [6.45, 7) is 3.13. The lowest BCUT2D eigenvalue weighted by Gasteiger charge is -2.32. The summed E-state index contributed by atoms with van der Waals surface area (Å²) in [5.74, 6) is 0.195. The molecule has 1 amide bonds. The molecule has 5 nitrogen and oxygen atoms in total. The third-order valence-electron chi connectivity index (χ3n) is 5.44. The topological polar surface area (TPSA) is 54.7 Å². The van der Waals surface area contributed by atoms with Crippen molar-refractivity contribution in [3.8, 4) is 0 Å². The van der Waals surface area contributed by atoms with Crippen molar-refractivity contribution in [2.75, 3.05) is 20.2 Å². The van der Waals surface area contributed by atoms with E-state index >= 15 is 0 Å². The molecule has 1 aromatic heterocycles. The van der Waals surface area contributed by atoms with E-state index in [1.807, 2.05) is 36.4 Å². The van der Waals surface area contributed by atoms with E-state index in [0.717, 1.165) is 48.4 Å². The number of piperidine rings is 1. The minimum atomic E-state index is -0.163. The Kier molecular flexibility index (Phi) is 6.19. The number of rotatable bonds is 6. The standard InChI is InChI=1S/C23H25ClN2O3/c1-28-15-20-19-4-2-3-5-21(19)29-22(20)23(27)25-18-10-12-26(13-11-18)14-16-6-8-17(24)9-7-16/h2-9,18H,10-15H2,1H3,(H,25,27). The third kappa shape index (κ3) is 4.64. The molecule has 2 aromatic carbocycles. The van der Waals surface area contributed by atoms with Gasteiger partial charge in [0, 0.05) is 48.8 Å². The Balaban J connectivity index is 1.37. The monoisotopic (exact) mass is 412 g/mol. The minimum Gasteiger partial charge on any atom is -0.451 e. The molecule has 1 saturated heterocycles. The molecule has 29 heavy (non-hydrogen) atoms. The Morgan fingerprint density at radius 3 is 2.62 bits per heavy atom. The van der Waals surface area contributed by atoms with Crippen LogP contribution < -0.4 is 5.32 Å². The molecular formula is C23H25ClN2O3. The van der Waals surface area contributed by atoms with Crippen molar-refractivity contribution in [2.45, 2.75) is 32.0 Å². The summed E-state index contributed by atoms with van der Waals surface area (Å²) in [5, 5.41) is 4.84. The highest BCUT2D eigenvalue weighted by Gasteiger charge is 2.25. The van der Waals surface area contributed by atoms with Crippen LogP contribution in [-0.2, 0) is 17.9 Å². The maximum Gasteiger partial charge on any atom is 0.287 e. The van der Waals surface area contributed by atoms with Gasteiger partial charge in [0.2, 0.25) is 0 Å². The van der Waals surface area contributed by atoms with Crippen molar-refractivity contribution in [1.29, 1.82) is 0 Å². The Morgan fingerprint density at radius 1 is 1.17 bits per heavy atom. The van der Waals surface area contributed by atoms with Gasteiger partial charge < -0.3 is 14.5 Å². The van der Waals surface area contributed by atoms with Crippen molar-refractivity contribution >= 4 is 28.5 Å². The number of amides is 1. The Morgan fingerprint density at radius 2 is 1.90 bits per heavy atom. The number of hydrogen-bond acceptors (Lipinski definition) is 4. The van der Waals surface area contributed by atoms with E-state index in [-0.39, 0.29) is 11.9 Å². The summed E-state index contributed by atoms with van der Waals surface area (Å²) in [7, 11) is 1.62. The maximum absolute atomic E-state index is 12.9. The van der Waals surface area contributed by atoms with Gasteiger partial charge in [0.25, 0.3) is 5.91 Å². The van der Waals surface area contributed by atoms with E-state index in [0.29, 0.717) is 18.0 Å². The van der Waals surface area contributed by atoms with Crippen LogP contribution in [0.3, 0.4) is 0 Å². The number of nitrogens with one attached hydrogen (secondary N) is 1. The molecular weight excluding hydrogens is 388 g/mol. The van der Waals surface area contributed by atoms with Gasteiger partial charge in [0.1, 0.15) is 5.58 Å². The first-order chi connectivity index (χ1) is 14.1. The van der Waals surface area contributed by atoms with Crippen LogP contribution in [0.15, 0.2) is 52.9 Å². The minimum absolute atomic E-state index is 0.146. The molecule has 0 aliphatic carbocycles. The Bertz CT molecular complexity index is 975. The second-order valence-corrected chi connectivity index (χ2v) is 7.93. The largest absolute Gasteiger partial charge is 0.451 e. The van der Waals surface area contributed by atoms with Crippen molar-refractivity contribution in [2.24, 2.45) is 0 Å². The molecule has 4 rings (SSSR count). The van der Waals surface area contributed by atoms with Crippen LogP contribution in [0.5, 0.6) is 0 Å². The van der Waals surface area contributed by atoms with Crippen LogP contribution in [0.25, 0.3) is 11.0 Å². The number of halogens is 1. The molecule has 6 heteroatoms. The van der Waals surface area contributed by atoms with Gasteiger partial charge in [0.15, 0.2) is 5.76 Å². The van der Waals surface area contributed by atoms with Crippen LogP contribution in [0, 0.1) is 0 Å². The SMILES string of the molecule is COCc1c(C(=O)NC2CCN(Cc3ccc(Cl)cc3)CC2)oc2ccccc12. The van der Waals surface area contributed by atoms with Crippen molar-refractivity contribution in [1.82, 2.24) is 10.2 Å². The highest BCUT2D eigenvalue weighted by atomic mass is 35.5. The predicted molar refractivity (Wildman–Crippen MR) is 114 cm³/mol. The summed E-state index contributed by atoms with van der Waals surface area (Å²) >= 11 is 5.96. The van der Waals surface area contributed by atoms with Crippen LogP contribution in [0.2, 0.25) is 5.02 Å². The zero-order chi connectivity index (χ0) is 20.2. The lowest BCUT2D eigenvalue weighted by Crippen LogP contribution is -2.44. The fourth-order valence-electron chi connectivity index (χ4n) is 3.90. The predicted octanol–water partition coefficient (Wildman–Crippen LogP) is 4.63. The molecule has 0 radical (unpaired) electrons. The number of furan rings is 1. The van der Waals surface area contributed by atoms with Gasteiger partial charge in [-0.1, -0.05) is 41.9 Å². The van der Waals surface area contributed by atoms with Crippen LogP contribution in [-0.4, -0.2) is 37.0 Å². The molecule has 1 aliphatic heterocycles. The zero-order valence-corrected chi connectivity index (χ0v) is 17.2. The van der Waals surface area contributed by atoms with Crippen LogP contribution in [0.1, 0.15) is 34.5 Å². The molecule has 3 aromatic rings. The van der Waals surface area contributed by atoms with E-state index in [1.165, 1.54) is 5.56 Å². The molecule has 0 unspecified atom stereocenters. The quantitative estimate of drug-likeness (QED) is 0.641. The summed E-state index contributed by atoms with van der Waals surface area (Å²) in [5.41, 5.74) is 2.77. The van der Waals surface area contributed by atoms with Crippen molar-refractivity contribution in [3.05, 3.63) is 70.4 Å². The lowest BCUT2D eigenvalue weighted by atomic mass is 10.0. The third-order valence-corrected chi connectivity index (χ3v) is 5.69. The highest BCUT2D eigenvalue weighted by molar-refractivity contribution is 6.30. The van der Waals surface area contributed by atoms with E-state index in [9.17, 15) is 4.79 Å². The molecule has 1 fully saturated rings. The number of ether oxygens (including phenoxy) is 1. The summed E-state index contributed by atoms with van der Waals surface area (Å²) in [6.07, 6.45) is 1.83. The van der Waals surface area contributed by atoms with Crippen LogP contribution in [0.4, 0.5) is 0 Å². The second-order valence-electron chi connectivity index (χ2n) is 7.49. The van der Waals surface area contributed by atoms with Gasteiger partial charge >= 0.3 is 0 Å². The molecule has 0 bridgehead atoms. The summed E-state index contributed by atoms with van der Waals surface area (Å²) < 4.78 is 11.1. The maximum atomic E-state index is 12.9. The number of carbonyl (C=O) groups is 1. The molecule has 152 valence electrons. The summed E-state index contributed by atoms with van der Waals surface area (Å²) in [6, 6.07) is 15.8. The number of likely N-dealkylation sites (tertiary alicyclic amines) is 1. The van der Waals surface area contributed by atoms with Gasteiger partial charge in [-0.2, -0.15) is 0 Å². The van der Waals surface area contributed by atoms with E-state index in [2.05, 4.69) is 22.3 Å². The average Bonchev–Trinajstić information content (AvgIpc) is 3.10. The number of fused-ring (bicyclic) bond motifs is 1. The molecule has 0 atom stereocenters. The normalized spacial score (nSPS) is 15.7. The number of nitrogens with zero attached hydrogens (tertiary/aromatic N) is 1. The Hall–Kier alpha value is -2.34. The summed E-state index contributed by atoms with van der Waals surface area (Å²) in [4.78, 5) is 15.3. The Labute approximate surface area is 175 Å². The smallest absolute Gasteiger partial charge is 0.287 e. The first-order valence-electron chi connectivity index (χ1n) is 9.91. The molecule has 1 N–H and O–H groups in total. The zero-order valence-electron chi connectivity index (χ0n) is 16.5. The fraction of sp³-hybridized carbons (Fsp3) is 0.348. The number of methoxy groups -OCH3 is 1. The van der Waals surface area contributed by atoms with Crippen molar-refractivity contribution in [3.63, 3.8) is 0 Å². The first-order valence-corrected chi connectivity index (χ1v) is 10.3. The van der Waals surface area contributed by atoms with Gasteiger partial charge in [-0.25, -0.2) is 0 Å². The van der Waals surface area contributed by atoms with Gasteiger partial charge in [-0.05, 0) is 36.6 Å². The van der Waals surface area contributed by atoms with Crippen LogP contribution >= 0.6 is 11.6 Å². The second kappa shape index (κ2) is 8.99. The molecule has 0 saturated carbocycles. The van der Waals surface area contributed by atoms with Gasteiger partial charge in [-0.3, -0.25) is 9.69 Å². The van der Waals surface area contributed by atoms with Crippen molar-refractivity contribution < 1.29 is 13.9 Å². The molecule has 2 heterocycles. The van der Waals surface area contributed by atoms with E-state index in [1.54, 1.807) is 7.11 Å². The lowest BCUT2D eigenvalue weighted by molar-refractivity contribution is 0.0877. The number of carbonyl (C=O) groups excluding carboxylic acids is 1. The van der Waals surface area contributed by atoms with Gasteiger partial charge in [0.05, 0.1) is 6.61 Å². The van der Waals surface area contributed by atoms with E-state index < -0.39 is 0 Å². The van der Waals surface area contributed by atoms with E-state index in [4.69, 9.17) is 20.8 Å². The van der Waals surface area contributed by atoms with Gasteiger partial charge in [-0.15, -0.1) is 0 Å². The number of hydrogen-bond donors (Lipinski definition) is 1. The number of benzene rings is 2. The first kappa shape index (κ1) is 20.0. The molecule has 1 aliphatic rings. The fourth-order valence-corrected chi connectivity index (χ4v) is 4.03. The number of para-hydroxylation sites is 1. The molecule has 0 spiro atoms.